The van der Waals surface area contributed by atoms with Crippen molar-refractivity contribution < 1.29 is 19.1 Å². The van der Waals surface area contributed by atoms with Crippen LogP contribution in [0.25, 0.3) is 0 Å². The van der Waals surface area contributed by atoms with Gasteiger partial charge in [-0.05, 0) is 12.1 Å². The molecule has 0 amide bonds. The number of aldehydes is 1. The molecule has 15 heavy (non-hydrogen) atoms. The van der Waals surface area contributed by atoms with Crippen molar-refractivity contribution in [2.24, 2.45) is 0 Å². The van der Waals surface area contributed by atoms with Crippen molar-refractivity contribution in [3.63, 3.8) is 0 Å². The SMILES string of the molecule is COC(=O)/C=C/Oc1ccccc1C=O. The fraction of sp³-hybridized carbons (Fsp3) is 0.0909. The van der Waals surface area contributed by atoms with Gasteiger partial charge in [-0.25, -0.2) is 4.79 Å². The molecule has 1 rings (SSSR count). The maximum Gasteiger partial charge on any atom is 0.333 e. The number of esters is 1. The highest BCUT2D eigenvalue weighted by Gasteiger charge is 1.99. The standard InChI is InChI=1S/C11H10O4/c1-14-11(13)6-7-15-10-5-3-2-4-9(10)8-12/h2-8H,1H3/b7-6+. The van der Waals surface area contributed by atoms with Crippen LogP contribution in [0, 0.1) is 0 Å². The number of para-hydroxylation sites is 1. The van der Waals surface area contributed by atoms with Crippen LogP contribution >= 0.6 is 0 Å². The summed E-state index contributed by atoms with van der Waals surface area (Å²) in [7, 11) is 1.27. The normalized spacial score (nSPS) is 9.93. The molecule has 0 bridgehead atoms. The average molecular weight is 206 g/mol. The smallest absolute Gasteiger partial charge is 0.333 e. The van der Waals surface area contributed by atoms with E-state index >= 15 is 0 Å². The Balaban J connectivity index is 2.68. The molecule has 78 valence electrons. The zero-order valence-electron chi connectivity index (χ0n) is 8.17. The summed E-state index contributed by atoms with van der Waals surface area (Å²) in [6, 6.07) is 6.70. The van der Waals surface area contributed by atoms with Crippen LogP contribution in [-0.2, 0) is 9.53 Å². The second-order valence-electron chi connectivity index (χ2n) is 2.60. The van der Waals surface area contributed by atoms with E-state index in [-0.39, 0.29) is 0 Å². The van der Waals surface area contributed by atoms with Crippen LogP contribution < -0.4 is 4.74 Å². The van der Waals surface area contributed by atoms with Crippen molar-refractivity contribution in [2.45, 2.75) is 0 Å². The number of hydrogen-bond donors (Lipinski definition) is 0. The van der Waals surface area contributed by atoms with Gasteiger partial charge in [-0.2, -0.15) is 0 Å². The molecule has 0 aromatic heterocycles. The molecule has 0 fully saturated rings. The topological polar surface area (TPSA) is 52.6 Å². The lowest BCUT2D eigenvalue weighted by Crippen LogP contribution is -1.96. The van der Waals surface area contributed by atoms with Gasteiger partial charge >= 0.3 is 5.97 Å². The summed E-state index contributed by atoms with van der Waals surface area (Å²) in [5.74, 6) is -0.119. The highest BCUT2D eigenvalue weighted by atomic mass is 16.5. The fourth-order valence-corrected chi connectivity index (χ4v) is 0.916. The highest BCUT2D eigenvalue weighted by molar-refractivity contribution is 5.82. The van der Waals surface area contributed by atoms with Gasteiger partial charge in [-0.3, -0.25) is 4.79 Å². The van der Waals surface area contributed by atoms with Gasteiger partial charge in [0.2, 0.25) is 0 Å². The fourth-order valence-electron chi connectivity index (χ4n) is 0.916. The quantitative estimate of drug-likeness (QED) is 0.324. The van der Waals surface area contributed by atoms with Gasteiger partial charge in [-0.1, -0.05) is 12.1 Å². The zero-order valence-corrected chi connectivity index (χ0v) is 8.17. The first-order valence-corrected chi connectivity index (χ1v) is 4.23. The summed E-state index contributed by atoms with van der Waals surface area (Å²) in [5.41, 5.74) is 0.423. The molecule has 0 atom stereocenters. The van der Waals surface area contributed by atoms with Crippen molar-refractivity contribution in [2.75, 3.05) is 7.11 Å². The maximum atomic E-state index is 10.7. The Morgan fingerprint density at radius 2 is 2.07 bits per heavy atom. The third-order valence-corrected chi connectivity index (χ3v) is 1.65. The van der Waals surface area contributed by atoms with Gasteiger partial charge in [0.1, 0.15) is 5.75 Å². The predicted octanol–water partition coefficient (Wildman–Crippen LogP) is 1.56. The van der Waals surface area contributed by atoms with Crippen molar-refractivity contribution in [1.82, 2.24) is 0 Å². The monoisotopic (exact) mass is 206 g/mol. The Bertz CT molecular complexity index is 382. The van der Waals surface area contributed by atoms with E-state index < -0.39 is 5.97 Å². The Labute approximate surface area is 87.1 Å². The van der Waals surface area contributed by atoms with E-state index in [0.29, 0.717) is 17.6 Å². The number of methoxy groups -OCH3 is 1. The van der Waals surface area contributed by atoms with E-state index in [1.54, 1.807) is 24.3 Å². The number of benzene rings is 1. The van der Waals surface area contributed by atoms with Crippen LogP contribution in [0.5, 0.6) is 5.75 Å². The molecule has 0 unspecified atom stereocenters. The predicted molar refractivity (Wildman–Crippen MR) is 53.6 cm³/mol. The van der Waals surface area contributed by atoms with Crippen LogP contribution in [0.4, 0.5) is 0 Å². The Kier molecular flexibility index (Phi) is 4.09. The lowest BCUT2D eigenvalue weighted by molar-refractivity contribution is -0.134. The molecule has 0 N–H and O–H groups in total. The molecule has 4 nitrogen and oxygen atoms in total. The first kappa shape index (κ1) is 11.0. The van der Waals surface area contributed by atoms with E-state index in [1.807, 2.05) is 0 Å². The van der Waals surface area contributed by atoms with Crippen molar-refractivity contribution in [1.29, 1.82) is 0 Å². The molecule has 0 spiro atoms. The number of carbonyl (C=O) groups excluding carboxylic acids is 2. The third-order valence-electron chi connectivity index (χ3n) is 1.65. The molecule has 0 aliphatic heterocycles. The van der Waals surface area contributed by atoms with E-state index in [2.05, 4.69) is 4.74 Å². The first-order valence-electron chi connectivity index (χ1n) is 4.23. The number of carbonyl (C=O) groups is 2. The average Bonchev–Trinajstić information content (AvgIpc) is 2.29. The van der Waals surface area contributed by atoms with Crippen molar-refractivity contribution in [3.8, 4) is 5.75 Å². The Morgan fingerprint density at radius 3 is 2.73 bits per heavy atom. The summed E-state index contributed by atoms with van der Waals surface area (Å²) in [6.07, 6.45) is 2.98. The summed E-state index contributed by atoms with van der Waals surface area (Å²) < 4.78 is 9.46. The molecule has 0 saturated carbocycles. The lowest BCUT2D eigenvalue weighted by atomic mass is 10.2. The van der Waals surface area contributed by atoms with Crippen molar-refractivity contribution in [3.05, 3.63) is 42.2 Å². The number of ether oxygens (including phenoxy) is 2. The molecule has 0 aliphatic carbocycles. The second-order valence-corrected chi connectivity index (χ2v) is 2.60. The van der Waals surface area contributed by atoms with E-state index in [4.69, 9.17) is 4.74 Å². The van der Waals surface area contributed by atoms with Gasteiger partial charge in [0.15, 0.2) is 6.29 Å². The van der Waals surface area contributed by atoms with E-state index in [9.17, 15) is 9.59 Å². The highest BCUT2D eigenvalue weighted by Crippen LogP contribution is 2.15. The minimum absolute atomic E-state index is 0.396. The zero-order chi connectivity index (χ0) is 11.1. The van der Waals surface area contributed by atoms with Crippen LogP contribution in [0.15, 0.2) is 36.6 Å². The molecule has 0 aliphatic rings. The van der Waals surface area contributed by atoms with Gasteiger partial charge < -0.3 is 9.47 Å². The lowest BCUT2D eigenvalue weighted by Gasteiger charge is -2.01. The minimum atomic E-state index is -0.515. The Morgan fingerprint density at radius 1 is 1.33 bits per heavy atom. The Hall–Kier alpha value is -2.10. The van der Waals surface area contributed by atoms with Crippen LogP contribution in [-0.4, -0.2) is 19.4 Å². The molecule has 0 saturated heterocycles. The minimum Gasteiger partial charge on any atom is -0.466 e. The van der Waals surface area contributed by atoms with Crippen LogP contribution in [0.3, 0.4) is 0 Å². The van der Waals surface area contributed by atoms with Gasteiger partial charge in [0.05, 0.1) is 25.0 Å². The van der Waals surface area contributed by atoms with E-state index in [1.165, 1.54) is 13.4 Å². The van der Waals surface area contributed by atoms with Gasteiger partial charge in [0.25, 0.3) is 0 Å². The second kappa shape index (κ2) is 5.59. The number of hydrogen-bond acceptors (Lipinski definition) is 4. The van der Waals surface area contributed by atoms with Gasteiger partial charge in [-0.15, -0.1) is 0 Å². The summed E-state index contributed by atoms with van der Waals surface area (Å²) in [6.45, 7) is 0. The molecule has 0 radical (unpaired) electrons. The van der Waals surface area contributed by atoms with Gasteiger partial charge in [0, 0.05) is 0 Å². The van der Waals surface area contributed by atoms with Crippen LogP contribution in [0.1, 0.15) is 10.4 Å². The molecule has 1 aromatic rings. The van der Waals surface area contributed by atoms with Crippen LogP contribution in [0.2, 0.25) is 0 Å². The molecular formula is C11H10O4. The van der Waals surface area contributed by atoms with Crippen molar-refractivity contribution >= 4 is 12.3 Å². The van der Waals surface area contributed by atoms with E-state index in [0.717, 1.165) is 6.08 Å². The first-order chi connectivity index (χ1) is 7.27. The molecular weight excluding hydrogens is 196 g/mol. The summed E-state index contributed by atoms with van der Waals surface area (Å²) >= 11 is 0. The summed E-state index contributed by atoms with van der Waals surface area (Å²) in [4.78, 5) is 21.3. The maximum absolute atomic E-state index is 10.7. The third kappa shape index (κ3) is 3.27. The number of rotatable bonds is 4. The largest absolute Gasteiger partial charge is 0.466 e. The summed E-state index contributed by atoms with van der Waals surface area (Å²) in [5, 5.41) is 0. The molecule has 0 heterocycles. The molecule has 4 heteroatoms. The molecule has 1 aromatic carbocycles.